The van der Waals surface area contributed by atoms with E-state index in [1.165, 1.54) is 16.7 Å². The first-order valence-corrected chi connectivity index (χ1v) is 9.50. The van der Waals surface area contributed by atoms with Crippen LogP contribution in [0.15, 0.2) is 73.3 Å². The Morgan fingerprint density at radius 1 is 0.889 bits per heavy atom. The number of aryl methyl sites for hydroxylation is 1. The normalized spacial score (nSPS) is 10.9. The first-order valence-electron chi connectivity index (χ1n) is 9.50. The van der Waals surface area contributed by atoms with Crippen molar-refractivity contribution in [3.8, 4) is 5.75 Å². The number of hydrogen-bond donors (Lipinski definition) is 0. The lowest BCUT2D eigenvalue weighted by Gasteiger charge is -2.23. The number of rotatable bonds is 10. The molecule has 0 saturated carbocycles. The number of nitrogens with zero attached hydrogens (tertiary/aromatic N) is 3. The van der Waals surface area contributed by atoms with Crippen LogP contribution in [0.2, 0.25) is 0 Å². The molecule has 2 aromatic heterocycles. The van der Waals surface area contributed by atoms with Crippen molar-refractivity contribution in [2.24, 2.45) is 0 Å². The zero-order valence-electron chi connectivity index (χ0n) is 15.9. The van der Waals surface area contributed by atoms with Crippen LogP contribution in [0.1, 0.15) is 23.1 Å². The quantitative estimate of drug-likeness (QED) is 0.505. The lowest BCUT2D eigenvalue weighted by atomic mass is 10.1. The van der Waals surface area contributed by atoms with Gasteiger partial charge in [0.15, 0.2) is 0 Å². The van der Waals surface area contributed by atoms with Crippen molar-refractivity contribution in [2.45, 2.75) is 26.3 Å². The van der Waals surface area contributed by atoms with Gasteiger partial charge in [0.2, 0.25) is 0 Å². The van der Waals surface area contributed by atoms with Crippen LogP contribution in [0.25, 0.3) is 0 Å². The molecule has 0 aliphatic heterocycles. The predicted octanol–water partition coefficient (Wildman–Crippen LogP) is 4.30. The number of pyridine rings is 2. The van der Waals surface area contributed by atoms with E-state index >= 15 is 0 Å². The molecule has 0 atom stereocenters. The molecule has 0 spiro atoms. The highest BCUT2D eigenvalue weighted by atomic mass is 16.5. The molecule has 2 heterocycles. The number of aromatic nitrogens is 2. The minimum absolute atomic E-state index is 0.697. The molecule has 0 radical (unpaired) electrons. The van der Waals surface area contributed by atoms with Gasteiger partial charge in [0.05, 0.1) is 12.8 Å². The molecule has 0 fully saturated rings. The highest BCUT2D eigenvalue weighted by Crippen LogP contribution is 2.12. The van der Waals surface area contributed by atoms with Crippen molar-refractivity contribution < 1.29 is 4.74 Å². The Hall–Kier alpha value is -2.72. The molecule has 1 aromatic carbocycles. The molecule has 3 rings (SSSR count). The largest absolute Gasteiger partial charge is 0.492 e. The molecule has 0 aliphatic rings. The van der Waals surface area contributed by atoms with Crippen molar-refractivity contribution in [1.82, 2.24) is 14.9 Å². The second-order valence-electron chi connectivity index (χ2n) is 6.70. The maximum absolute atomic E-state index is 5.79. The van der Waals surface area contributed by atoms with Crippen LogP contribution >= 0.6 is 0 Å². The van der Waals surface area contributed by atoms with Gasteiger partial charge in [-0.2, -0.15) is 0 Å². The second-order valence-corrected chi connectivity index (χ2v) is 6.70. The average Bonchev–Trinajstić information content (AvgIpc) is 2.72. The minimum Gasteiger partial charge on any atom is -0.492 e. The maximum Gasteiger partial charge on any atom is 0.137 e. The molecule has 140 valence electrons. The van der Waals surface area contributed by atoms with Gasteiger partial charge >= 0.3 is 0 Å². The molecule has 0 amide bonds. The highest BCUT2D eigenvalue weighted by Gasteiger charge is 2.08. The Kier molecular flexibility index (Phi) is 7.36. The third-order valence-corrected chi connectivity index (χ3v) is 4.62. The van der Waals surface area contributed by atoms with Gasteiger partial charge in [-0.05, 0) is 54.7 Å². The molecule has 0 saturated heterocycles. The van der Waals surface area contributed by atoms with Gasteiger partial charge in [-0.25, -0.2) is 0 Å². The first kappa shape index (κ1) is 19.1. The summed E-state index contributed by atoms with van der Waals surface area (Å²) in [6, 6.07) is 16.6. The Morgan fingerprint density at radius 3 is 2.44 bits per heavy atom. The van der Waals surface area contributed by atoms with Crippen LogP contribution in [0.5, 0.6) is 5.75 Å². The SMILES string of the molecule is Cc1ccccc1CN(CCCOc1cccnc1)CCc1cccnc1. The molecular weight excluding hydrogens is 334 g/mol. The van der Waals surface area contributed by atoms with Crippen LogP contribution in [-0.2, 0) is 13.0 Å². The fourth-order valence-electron chi connectivity index (χ4n) is 3.04. The number of ether oxygens (including phenoxy) is 1. The highest BCUT2D eigenvalue weighted by molar-refractivity contribution is 5.25. The molecule has 3 aromatic rings. The standard InChI is InChI=1S/C23H27N3O/c1-20-7-2-3-9-22(20)19-26(15-11-21-8-4-12-24-17-21)14-6-16-27-23-10-5-13-25-18-23/h2-5,7-10,12-13,17-18H,6,11,14-16,19H2,1H3. The summed E-state index contributed by atoms with van der Waals surface area (Å²) in [5.41, 5.74) is 4.01. The summed E-state index contributed by atoms with van der Waals surface area (Å²) in [6.07, 6.45) is 9.28. The van der Waals surface area contributed by atoms with Gasteiger partial charge in [-0.15, -0.1) is 0 Å². The van der Waals surface area contributed by atoms with E-state index in [9.17, 15) is 0 Å². The molecule has 4 nitrogen and oxygen atoms in total. The molecule has 0 N–H and O–H groups in total. The topological polar surface area (TPSA) is 38.2 Å². The fraction of sp³-hybridized carbons (Fsp3) is 0.304. The van der Waals surface area contributed by atoms with E-state index in [1.807, 2.05) is 30.6 Å². The van der Waals surface area contributed by atoms with E-state index in [0.717, 1.165) is 38.2 Å². The van der Waals surface area contributed by atoms with Crippen molar-refractivity contribution in [3.63, 3.8) is 0 Å². The summed E-state index contributed by atoms with van der Waals surface area (Å²) in [5, 5.41) is 0. The number of hydrogen-bond acceptors (Lipinski definition) is 4. The Morgan fingerprint density at radius 2 is 1.70 bits per heavy atom. The first-order chi connectivity index (χ1) is 13.3. The third kappa shape index (κ3) is 6.50. The van der Waals surface area contributed by atoms with Crippen molar-refractivity contribution in [2.75, 3.05) is 19.7 Å². The molecule has 27 heavy (non-hydrogen) atoms. The van der Waals surface area contributed by atoms with Gasteiger partial charge in [-0.3, -0.25) is 14.9 Å². The molecular formula is C23H27N3O. The van der Waals surface area contributed by atoms with Gasteiger partial charge in [0, 0.05) is 38.2 Å². The van der Waals surface area contributed by atoms with E-state index in [-0.39, 0.29) is 0 Å². The summed E-state index contributed by atoms with van der Waals surface area (Å²) in [4.78, 5) is 10.8. The zero-order valence-corrected chi connectivity index (χ0v) is 15.9. The molecule has 0 aliphatic carbocycles. The lowest BCUT2D eigenvalue weighted by Crippen LogP contribution is -2.28. The summed E-state index contributed by atoms with van der Waals surface area (Å²) >= 11 is 0. The van der Waals surface area contributed by atoms with Crippen LogP contribution in [0.4, 0.5) is 0 Å². The second kappa shape index (κ2) is 10.4. The smallest absolute Gasteiger partial charge is 0.137 e. The van der Waals surface area contributed by atoms with Crippen molar-refractivity contribution >= 4 is 0 Å². The Labute approximate surface area is 161 Å². The summed E-state index contributed by atoms with van der Waals surface area (Å²) in [7, 11) is 0. The van der Waals surface area contributed by atoms with Gasteiger partial charge in [-0.1, -0.05) is 30.3 Å². The van der Waals surface area contributed by atoms with E-state index < -0.39 is 0 Å². The summed E-state index contributed by atoms with van der Waals surface area (Å²) in [5.74, 6) is 0.832. The van der Waals surface area contributed by atoms with Crippen LogP contribution in [0, 0.1) is 6.92 Å². The summed E-state index contributed by atoms with van der Waals surface area (Å²) in [6.45, 7) is 5.84. The fourth-order valence-corrected chi connectivity index (χ4v) is 3.04. The van der Waals surface area contributed by atoms with E-state index in [4.69, 9.17) is 4.74 Å². The van der Waals surface area contributed by atoms with Gasteiger partial charge < -0.3 is 4.74 Å². The van der Waals surface area contributed by atoms with Crippen LogP contribution in [-0.4, -0.2) is 34.6 Å². The Bertz CT molecular complexity index is 793. The van der Waals surface area contributed by atoms with E-state index in [0.29, 0.717) is 6.61 Å². The van der Waals surface area contributed by atoms with E-state index in [2.05, 4.69) is 52.1 Å². The Balaban J connectivity index is 1.54. The predicted molar refractivity (Wildman–Crippen MR) is 109 cm³/mol. The van der Waals surface area contributed by atoms with Crippen LogP contribution in [0.3, 0.4) is 0 Å². The average molecular weight is 361 g/mol. The van der Waals surface area contributed by atoms with Gasteiger partial charge in [0.25, 0.3) is 0 Å². The van der Waals surface area contributed by atoms with Crippen molar-refractivity contribution in [3.05, 3.63) is 90.0 Å². The zero-order chi connectivity index (χ0) is 18.7. The minimum atomic E-state index is 0.697. The molecule has 0 bridgehead atoms. The molecule has 0 unspecified atom stereocenters. The van der Waals surface area contributed by atoms with E-state index in [1.54, 1.807) is 12.4 Å². The van der Waals surface area contributed by atoms with Gasteiger partial charge in [0.1, 0.15) is 5.75 Å². The number of benzene rings is 1. The summed E-state index contributed by atoms with van der Waals surface area (Å²) < 4.78 is 5.79. The lowest BCUT2D eigenvalue weighted by molar-refractivity contribution is 0.229. The van der Waals surface area contributed by atoms with Crippen molar-refractivity contribution in [1.29, 1.82) is 0 Å². The third-order valence-electron chi connectivity index (χ3n) is 4.62. The van der Waals surface area contributed by atoms with Crippen LogP contribution < -0.4 is 4.74 Å². The monoisotopic (exact) mass is 361 g/mol. The maximum atomic E-state index is 5.79. The molecule has 4 heteroatoms.